The monoisotopic (exact) mass is 333 g/mol. The van der Waals surface area contributed by atoms with E-state index in [2.05, 4.69) is 58.5 Å². The predicted molar refractivity (Wildman–Crippen MR) is 87.4 cm³/mol. The van der Waals surface area contributed by atoms with Crippen LogP contribution in [-0.2, 0) is 6.42 Å². The lowest BCUT2D eigenvalue weighted by molar-refractivity contribution is 0.414. The fourth-order valence-electron chi connectivity index (χ4n) is 2.32. The first kappa shape index (κ1) is 15.1. The lowest BCUT2D eigenvalue weighted by Crippen LogP contribution is -2.18. The average molecular weight is 334 g/mol. The highest BCUT2D eigenvalue weighted by Gasteiger charge is 2.15. The number of hydrogen-bond acceptors (Lipinski definition) is 2. The normalized spacial score (nSPS) is 12.2. The van der Waals surface area contributed by atoms with Gasteiger partial charge in [-0.3, -0.25) is 0 Å². The summed E-state index contributed by atoms with van der Waals surface area (Å²) in [6.45, 7) is 2.17. The largest absolute Gasteiger partial charge is 0.497 e. The van der Waals surface area contributed by atoms with Crippen molar-refractivity contribution in [2.24, 2.45) is 0 Å². The van der Waals surface area contributed by atoms with E-state index in [1.54, 1.807) is 7.11 Å². The first-order valence-corrected chi connectivity index (χ1v) is 7.58. The highest BCUT2D eigenvalue weighted by molar-refractivity contribution is 9.10. The lowest BCUT2D eigenvalue weighted by Gasteiger charge is -2.19. The van der Waals surface area contributed by atoms with Crippen molar-refractivity contribution >= 4 is 15.9 Å². The Labute approximate surface area is 129 Å². The summed E-state index contributed by atoms with van der Waals surface area (Å²) in [7, 11) is 3.66. The van der Waals surface area contributed by atoms with Gasteiger partial charge in [-0.1, -0.05) is 53.2 Å². The van der Waals surface area contributed by atoms with Crippen LogP contribution in [0.3, 0.4) is 0 Å². The van der Waals surface area contributed by atoms with Crippen LogP contribution in [-0.4, -0.2) is 14.2 Å². The third-order valence-corrected chi connectivity index (χ3v) is 4.22. The van der Waals surface area contributed by atoms with Crippen LogP contribution in [0.1, 0.15) is 29.7 Å². The van der Waals surface area contributed by atoms with E-state index in [9.17, 15) is 0 Å². The van der Waals surface area contributed by atoms with Crippen molar-refractivity contribution in [2.75, 3.05) is 14.2 Å². The maximum Gasteiger partial charge on any atom is 0.120 e. The second-order valence-electron chi connectivity index (χ2n) is 4.70. The fraction of sp³-hybridized carbons (Fsp3) is 0.294. The maximum atomic E-state index is 5.25. The van der Waals surface area contributed by atoms with Crippen molar-refractivity contribution in [3.05, 3.63) is 63.6 Å². The molecule has 0 spiro atoms. The molecule has 3 heteroatoms. The zero-order valence-electron chi connectivity index (χ0n) is 12.1. The zero-order valence-corrected chi connectivity index (χ0v) is 13.7. The zero-order chi connectivity index (χ0) is 14.5. The fourth-order valence-corrected chi connectivity index (χ4v) is 2.90. The second-order valence-corrected chi connectivity index (χ2v) is 5.56. The molecule has 2 aromatic carbocycles. The molecule has 0 aliphatic carbocycles. The van der Waals surface area contributed by atoms with E-state index in [0.29, 0.717) is 0 Å². The molecule has 0 saturated carbocycles. The molecule has 0 fully saturated rings. The summed E-state index contributed by atoms with van der Waals surface area (Å²) in [6, 6.07) is 15.0. The SMILES string of the molecule is CCc1ccc(C(NC)c2ccc(OC)cc2Br)cc1. The van der Waals surface area contributed by atoms with Crippen molar-refractivity contribution in [1.82, 2.24) is 5.32 Å². The van der Waals surface area contributed by atoms with E-state index in [0.717, 1.165) is 16.6 Å². The molecule has 106 valence electrons. The van der Waals surface area contributed by atoms with Crippen LogP contribution in [0.15, 0.2) is 46.9 Å². The third-order valence-electron chi connectivity index (χ3n) is 3.53. The van der Waals surface area contributed by atoms with E-state index < -0.39 is 0 Å². The van der Waals surface area contributed by atoms with Crippen molar-refractivity contribution < 1.29 is 4.74 Å². The molecule has 2 nitrogen and oxygen atoms in total. The molecule has 0 aliphatic rings. The number of methoxy groups -OCH3 is 1. The standard InChI is InChI=1S/C17H20BrNO/c1-4-12-5-7-13(8-6-12)17(19-2)15-10-9-14(20-3)11-16(15)18/h5-11,17,19H,4H2,1-3H3. The molecule has 1 unspecified atom stereocenters. The Balaban J connectivity index is 2.35. The summed E-state index contributed by atoms with van der Waals surface area (Å²) in [4.78, 5) is 0. The van der Waals surface area contributed by atoms with Gasteiger partial charge in [0.25, 0.3) is 0 Å². The van der Waals surface area contributed by atoms with Gasteiger partial charge in [0.05, 0.1) is 13.2 Å². The summed E-state index contributed by atoms with van der Waals surface area (Å²) in [6.07, 6.45) is 1.07. The third kappa shape index (κ3) is 3.22. The van der Waals surface area contributed by atoms with Gasteiger partial charge in [0.2, 0.25) is 0 Å². The second kappa shape index (κ2) is 6.91. The number of hydrogen-bond donors (Lipinski definition) is 1. The molecule has 2 aromatic rings. The molecular weight excluding hydrogens is 314 g/mol. The number of ether oxygens (including phenoxy) is 1. The van der Waals surface area contributed by atoms with E-state index in [1.807, 2.05) is 19.2 Å². The van der Waals surface area contributed by atoms with Crippen molar-refractivity contribution in [1.29, 1.82) is 0 Å². The molecule has 1 atom stereocenters. The van der Waals surface area contributed by atoms with Crippen LogP contribution in [0.5, 0.6) is 5.75 Å². The summed E-state index contributed by atoms with van der Waals surface area (Å²) in [5.41, 5.74) is 3.82. The molecular formula is C17H20BrNO. The minimum atomic E-state index is 0.168. The highest BCUT2D eigenvalue weighted by atomic mass is 79.9. The Morgan fingerprint density at radius 2 is 1.85 bits per heavy atom. The van der Waals surface area contributed by atoms with Crippen molar-refractivity contribution in [3.8, 4) is 5.75 Å². The predicted octanol–water partition coefficient (Wildman–Crippen LogP) is 4.33. The first-order chi connectivity index (χ1) is 9.69. The summed E-state index contributed by atoms with van der Waals surface area (Å²) in [5, 5.41) is 3.38. The van der Waals surface area contributed by atoms with Gasteiger partial charge in [-0.05, 0) is 42.3 Å². The summed E-state index contributed by atoms with van der Waals surface area (Å²) >= 11 is 3.63. The Morgan fingerprint density at radius 1 is 1.15 bits per heavy atom. The van der Waals surface area contributed by atoms with Gasteiger partial charge < -0.3 is 10.1 Å². The molecule has 0 amide bonds. The van der Waals surface area contributed by atoms with E-state index >= 15 is 0 Å². The summed E-state index contributed by atoms with van der Waals surface area (Å²) in [5.74, 6) is 0.858. The Kier molecular flexibility index (Phi) is 5.21. The number of rotatable bonds is 5. The van der Waals surface area contributed by atoms with Crippen molar-refractivity contribution in [2.45, 2.75) is 19.4 Å². The maximum absolute atomic E-state index is 5.25. The Bertz CT molecular complexity index is 566. The smallest absolute Gasteiger partial charge is 0.120 e. The van der Waals surface area contributed by atoms with Crippen LogP contribution in [0.25, 0.3) is 0 Å². The van der Waals surface area contributed by atoms with E-state index in [-0.39, 0.29) is 6.04 Å². The van der Waals surface area contributed by atoms with Gasteiger partial charge in [-0.15, -0.1) is 0 Å². The van der Waals surface area contributed by atoms with E-state index in [4.69, 9.17) is 4.74 Å². The number of benzene rings is 2. The highest BCUT2D eigenvalue weighted by Crippen LogP contribution is 2.31. The Morgan fingerprint density at radius 3 is 2.35 bits per heavy atom. The van der Waals surface area contributed by atoms with Gasteiger partial charge in [0, 0.05) is 4.47 Å². The summed E-state index contributed by atoms with van der Waals surface area (Å²) < 4.78 is 6.30. The van der Waals surface area contributed by atoms with Crippen LogP contribution < -0.4 is 10.1 Å². The molecule has 1 N–H and O–H groups in total. The molecule has 0 saturated heterocycles. The molecule has 0 bridgehead atoms. The number of nitrogens with one attached hydrogen (secondary N) is 1. The molecule has 2 rings (SSSR count). The molecule has 0 radical (unpaired) electrons. The lowest BCUT2D eigenvalue weighted by atomic mass is 9.97. The number of halogens is 1. The molecule has 20 heavy (non-hydrogen) atoms. The van der Waals surface area contributed by atoms with Crippen LogP contribution >= 0.6 is 15.9 Å². The van der Waals surface area contributed by atoms with Gasteiger partial charge >= 0.3 is 0 Å². The van der Waals surface area contributed by atoms with Crippen LogP contribution in [0.2, 0.25) is 0 Å². The minimum absolute atomic E-state index is 0.168. The van der Waals surface area contributed by atoms with Crippen LogP contribution in [0, 0.1) is 0 Å². The van der Waals surface area contributed by atoms with E-state index in [1.165, 1.54) is 16.7 Å². The van der Waals surface area contributed by atoms with Gasteiger partial charge in [0.15, 0.2) is 0 Å². The van der Waals surface area contributed by atoms with Gasteiger partial charge in [0.1, 0.15) is 5.75 Å². The van der Waals surface area contributed by atoms with Crippen molar-refractivity contribution in [3.63, 3.8) is 0 Å². The topological polar surface area (TPSA) is 21.3 Å². The minimum Gasteiger partial charge on any atom is -0.497 e. The first-order valence-electron chi connectivity index (χ1n) is 6.79. The molecule has 0 aromatic heterocycles. The van der Waals surface area contributed by atoms with Gasteiger partial charge in [-0.25, -0.2) is 0 Å². The number of aryl methyl sites for hydroxylation is 1. The molecule has 0 aliphatic heterocycles. The quantitative estimate of drug-likeness (QED) is 0.879. The molecule has 0 heterocycles. The van der Waals surface area contributed by atoms with Gasteiger partial charge in [-0.2, -0.15) is 0 Å². The Hall–Kier alpha value is -1.32. The van der Waals surface area contributed by atoms with Crippen LogP contribution in [0.4, 0.5) is 0 Å². The average Bonchev–Trinajstić information content (AvgIpc) is 2.50.